The number of aromatic nitrogens is 3. The number of carbonyl (C=O) groups is 1. The van der Waals surface area contributed by atoms with Crippen molar-refractivity contribution < 1.29 is 28.8 Å². The maximum absolute atomic E-state index is 12.3. The molecule has 0 saturated carbocycles. The molecule has 3 heterocycles. The Bertz CT molecular complexity index is 1660. The monoisotopic (exact) mass is 656 g/mol. The summed E-state index contributed by atoms with van der Waals surface area (Å²) in [4.78, 5) is 14.0. The molecule has 2 aliphatic heterocycles. The fourth-order valence-corrected chi connectivity index (χ4v) is 10.7. The summed E-state index contributed by atoms with van der Waals surface area (Å²) in [6.45, 7) is 8.50. The van der Waals surface area contributed by atoms with Gasteiger partial charge in [-0.05, 0) is 47.9 Å². The third-order valence-corrected chi connectivity index (χ3v) is 14.3. The van der Waals surface area contributed by atoms with Crippen LogP contribution in [0.2, 0.25) is 18.6 Å². The number of hydrogen-bond acceptors (Lipinski definition) is 8. The standard InChI is InChI=1S/C36H44N4O6Si/c1-24-34(44-3)29-21-26(40-19-20-45-36(40)42)11-16-32(29)46-35(24)33(47(4,5)28-14-12-27(43-2)13-15-28)17-18-39-22-31(37-38-39)30(23-41)25-9-7-6-8-10-25/h6-16,21-22,24,30,33-35,41H,17-20,23H2,1-5H3/t24-,30?,33?,34-,35-/m0/s1. The number of cyclic esters (lactones) is 1. The average Bonchev–Trinajstić information content (AvgIpc) is 3.74. The molecule has 6 rings (SSSR count). The Hall–Kier alpha value is -4.19. The van der Waals surface area contributed by atoms with Crippen LogP contribution >= 0.6 is 0 Å². The van der Waals surface area contributed by atoms with E-state index >= 15 is 0 Å². The van der Waals surface area contributed by atoms with E-state index in [9.17, 15) is 9.90 Å². The first-order valence-electron chi connectivity index (χ1n) is 16.2. The van der Waals surface area contributed by atoms with E-state index in [0.29, 0.717) is 19.7 Å². The summed E-state index contributed by atoms with van der Waals surface area (Å²) in [6.07, 6.45) is 2.06. The van der Waals surface area contributed by atoms with E-state index in [1.807, 2.05) is 71.5 Å². The lowest BCUT2D eigenvalue weighted by Gasteiger charge is -2.46. The number of ether oxygens (including phenoxy) is 4. The van der Waals surface area contributed by atoms with Crippen LogP contribution in [0.3, 0.4) is 0 Å². The van der Waals surface area contributed by atoms with Crippen molar-refractivity contribution in [3.8, 4) is 11.5 Å². The molecular weight excluding hydrogens is 613 g/mol. The molecule has 0 bridgehead atoms. The van der Waals surface area contributed by atoms with Crippen LogP contribution in [0.5, 0.6) is 11.5 Å². The van der Waals surface area contributed by atoms with Gasteiger partial charge in [0.05, 0.1) is 46.1 Å². The molecule has 2 aliphatic rings. The lowest BCUT2D eigenvalue weighted by molar-refractivity contribution is -0.0233. The van der Waals surface area contributed by atoms with E-state index in [0.717, 1.165) is 40.4 Å². The third-order valence-electron chi connectivity index (χ3n) is 10.0. The van der Waals surface area contributed by atoms with Gasteiger partial charge in [0, 0.05) is 37.0 Å². The highest BCUT2D eigenvalue weighted by Crippen LogP contribution is 2.48. The zero-order valence-electron chi connectivity index (χ0n) is 27.7. The second-order valence-electron chi connectivity index (χ2n) is 13.0. The van der Waals surface area contributed by atoms with Crippen LogP contribution in [0.4, 0.5) is 10.5 Å². The Morgan fingerprint density at radius 3 is 2.49 bits per heavy atom. The van der Waals surface area contributed by atoms with Crippen molar-refractivity contribution in [2.45, 2.75) is 56.7 Å². The second-order valence-corrected chi connectivity index (χ2v) is 17.7. The number of methoxy groups -OCH3 is 2. The van der Waals surface area contributed by atoms with E-state index in [1.54, 1.807) is 19.1 Å². The van der Waals surface area contributed by atoms with Crippen LogP contribution in [0.15, 0.2) is 79.0 Å². The summed E-state index contributed by atoms with van der Waals surface area (Å²) >= 11 is 0. The van der Waals surface area contributed by atoms with Crippen LogP contribution in [0.25, 0.3) is 0 Å². The van der Waals surface area contributed by atoms with Crippen molar-refractivity contribution >= 4 is 25.0 Å². The fraction of sp³-hybridized carbons (Fsp3) is 0.417. The second kappa shape index (κ2) is 13.9. The largest absolute Gasteiger partial charge is 0.497 e. The molecule has 1 N–H and O–H groups in total. The lowest BCUT2D eigenvalue weighted by Crippen LogP contribution is -2.54. The van der Waals surface area contributed by atoms with E-state index < -0.39 is 8.07 Å². The number of aliphatic hydroxyl groups excluding tert-OH is 1. The van der Waals surface area contributed by atoms with Crippen molar-refractivity contribution in [3.05, 3.63) is 95.8 Å². The molecule has 1 aromatic heterocycles. The summed E-state index contributed by atoms with van der Waals surface area (Å²) in [5, 5.41) is 20.5. The Morgan fingerprint density at radius 1 is 1.06 bits per heavy atom. The molecule has 4 aromatic rings. The van der Waals surface area contributed by atoms with Crippen LogP contribution in [-0.4, -0.2) is 74.3 Å². The van der Waals surface area contributed by atoms with Gasteiger partial charge in [-0.15, -0.1) is 5.10 Å². The van der Waals surface area contributed by atoms with Gasteiger partial charge in [0.1, 0.15) is 24.2 Å². The number of fused-ring (bicyclic) bond motifs is 1. The summed E-state index contributed by atoms with van der Waals surface area (Å²) in [7, 11) is 1.21. The number of amides is 1. The van der Waals surface area contributed by atoms with E-state index in [4.69, 9.17) is 18.9 Å². The number of hydrogen-bond donors (Lipinski definition) is 1. The predicted octanol–water partition coefficient (Wildman–Crippen LogP) is 5.53. The Balaban J connectivity index is 1.31. The molecule has 11 heteroatoms. The summed E-state index contributed by atoms with van der Waals surface area (Å²) in [5.41, 5.74) is 3.64. The minimum atomic E-state index is -2.21. The molecule has 0 aliphatic carbocycles. The van der Waals surface area contributed by atoms with Gasteiger partial charge in [-0.2, -0.15) is 0 Å². The van der Waals surface area contributed by atoms with Crippen molar-refractivity contribution in [3.63, 3.8) is 0 Å². The number of rotatable bonds is 12. The molecule has 5 atom stereocenters. The van der Waals surface area contributed by atoms with Gasteiger partial charge < -0.3 is 24.1 Å². The summed E-state index contributed by atoms with van der Waals surface area (Å²) in [5.74, 6) is 1.39. The highest BCUT2D eigenvalue weighted by atomic mass is 28.3. The van der Waals surface area contributed by atoms with Gasteiger partial charge in [-0.25, -0.2) is 4.79 Å². The van der Waals surface area contributed by atoms with Crippen molar-refractivity contribution in [1.29, 1.82) is 0 Å². The first-order valence-corrected chi connectivity index (χ1v) is 19.3. The van der Waals surface area contributed by atoms with E-state index in [2.05, 4.69) is 42.5 Å². The molecule has 3 aromatic carbocycles. The molecule has 1 amide bonds. The molecule has 2 unspecified atom stereocenters. The summed E-state index contributed by atoms with van der Waals surface area (Å²) < 4.78 is 25.7. The number of aliphatic hydroxyl groups is 1. The van der Waals surface area contributed by atoms with Crippen molar-refractivity contribution in [1.82, 2.24) is 15.0 Å². The van der Waals surface area contributed by atoms with Gasteiger partial charge in [0.2, 0.25) is 0 Å². The van der Waals surface area contributed by atoms with Gasteiger partial charge in [-0.1, -0.05) is 72.9 Å². The van der Waals surface area contributed by atoms with Crippen LogP contribution in [0.1, 0.15) is 42.2 Å². The topological polar surface area (TPSA) is 108 Å². The minimum absolute atomic E-state index is 0.0199. The number of anilines is 1. The smallest absolute Gasteiger partial charge is 0.414 e. The van der Waals surface area contributed by atoms with Gasteiger partial charge >= 0.3 is 6.09 Å². The molecule has 10 nitrogen and oxygen atoms in total. The Kier molecular flexibility index (Phi) is 9.67. The molecular formula is C36H44N4O6Si. The minimum Gasteiger partial charge on any atom is -0.497 e. The zero-order chi connectivity index (χ0) is 33.1. The number of nitrogens with zero attached hydrogens (tertiary/aromatic N) is 4. The zero-order valence-corrected chi connectivity index (χ0v) is 28.7. The molecule has 1 saturated heterocycles. The predicted molar refractivity (Wildman–Crippen MR) is 182 cm³/mol. The van der Waals surface area contributed by atoms with Gasteiger partial charge in [0.15, 0.2) is 0 Å². The lowest BCUT2D eigenvalue weighted by atomic mass is 9.86. The average molecular weight is 657 g/mol. The Morgan fingerprint density at radius 2 is 1.83 bits per heavy atom. The normalized spacial score (nSPS) is 20.7. The SMILES string of the molecule is COc1ccc([Si](C)(C)C(CCn2cc(C(CO)c3ccccc3)nn2)[C@H]2Oc3ccc(N4CCOC4=O)cc3[C@@H](OC)[C@@H]2C)cc1. The highest BCUT2D eigenvalue weighted by molar-refractivity contribution is 6.91. The van der Waals surface area contributed by atoms with E-state index in [-0.39, 0.29) is 42.3 Å². The highest BCUT2D eigenvalue weighted by Gasteiger charge is 2.47. The van der Waals surface area contributed by atoms with Gasteiger partial charge in [-0.3, -0.25) is 9.58 Å². The van der Waals surface area contributed by atoms with Crippen LogP contribution in [0, 0.1) is 5.92 Å². The number of carbonyl (C=O) groups excluding carboxylic acids is 1. The Labute approximate surface area is 277 Å². The third kappa shape index (κ3) is 6.52. The van der Waals surface area contributed by atoms with Crippen LogP contribution < -0.4 is 19.6 Å². The van der Waals surface area contributed by atoms with Crippen LogP contribution in [-0.2, 0) is 16.0 Å². The van der Waals surface area contributed by atoms with Crippen molar-refractivity contribution in [2.75, 3.05) is 38.9 Å². The maximum atomic E-state index is 12.3. The number of aryl methyl sites for hydroxylation is 1. The fourth-order valence-electron chi connectivity index (χ4n) is 7.24. The molecule has 1 fully saturated rings. The molecule has 47 heavy (non-hydrogen) atoms. The van der Waals surface area contributed by atoms with Gasteiger partial charge in [0.25, 0.3) is 0 Å². The quantitative estimate of drug-likeness (QED) is 0.199. The first-order chi connectivity index (χ1) is 22.7. The maximum Gasteiger partial charge on any atom is 0.414 e. The van der Waals surface area contributed by atoms with Crippen molar-refractivity contribution in [2.24, 2.45) is 5.92 Å². The first kappa shape index (κ1) is 32.7. The van der Waals surface area contributed by atoms with E-state index in [1.165, 1.54) is 5.19 Å². The number of benzene rings is 3. The molecule has 0 spiro atoms. The molecule has 0 radical (unpaired) electrons. The summed E-state index contributed by atoms with van der Waals surface area (Å²) in [6, 6.07) is 24.2. The molecule has 248 valence electrons.